The molecule has 1 atom stereocenters. The quantitative estimate of drug-likeness (QED) is 0.607. The first-order valence-corrected chi connectivity index (χ1v) is 8.20. The molecule has 0 aliphatic rings. The molecule has 0 saturated carbocycles. The number of carbonyl (C=O) groups excluding carboxylic acids is 1. The number of benzene rings is 2. The summed E-state index contributed by atoms with van der Waals surface area (Å²) in [7, 11) is 3.76. The number of hydrogen-bond donors (Lipinski definition) is 1. The van der Waals surface area contributed by atoms with E-state index in [9.17, 15) is 14.9 Å². The first-order chi connectivity index (χ1) is 11.8. The van der Waals surface area contributed by atoms with Crippen molar-refractivity contribution in [2.75, 3.05) is 20.6 Å². The zero-order valence-corrected chi connectivity index (χ0v) is 15.2. The summed E-state index contributed by atoms with van der Waals surface area (Å²) in [5.74, 6) is -0.418. The molecular weight excluding hydrogens is 365 g/mol. The summed E-state index contributed by atoms with van der Waals surface area (Å²) in [5, 5.41) is 14.3. The number of likely N-dealkylation sites (N-methyl/N-ethyl adjacent to an activating group) is 1. The van der Waals surface area contributed by atoms with Crippen LogP contribution in [0.2, 0.25) is 10.0 Å². The summed E-state index contributed by atoms with van der Waals surface area (Å²) in [6, 6.07) is 11.2. The van der Waals surface area contributed by atoms with Gasteiger partial charge in [-0.05, 0) is 37.9 Å². The van der Waals surface area contributed by atoms with Crippen molar-refractivity contribution in [3.63, 3.8) is 0 Å². The molecule has 0 aromatic heterocycles. The fourth-order valence-electron chi connectivity index (χ4n) is 2.40. The van der Waals surface area contributed by atoms with Crippen LogP contribution in [0.1, 0.15) is 22.0 Å². The predicted octanol–water partition coefficient (Wildman–Crippen LogP) is 3.93. The van der Waals surface area contributed by atoms with Gasteiger partial charge in [0.1, 0.15) is 5.02 Å². The average Bonchev–Trinajstić information content (AvgIpc) is 2.56. The van der Waals surface area contributed by atoms with Gasteiger partial charge in [0.25, 0.3) is 11.6 Å². The normalized spacial score (nSPS) is 12.0. The predicted molar refractivity (Wildman–Crippen MR) is 98.3 cm³/mol. The first-order valence-electron chi connectivity index (χ1n) is 7.44. The number of nitro groups is 1. The Balaban J connectivity index is 2.16. The SMILES string of the molecule is CN(C)[C@H](CNC(=O)c1ccc(Cl)c([N+](=O)[O-])c1)c1ccccc1Cl. The van der Waals surface area contributed by atoms with Gasteiger partial charge in [-0.3, -0.25) is 14.9 Å². The number of amides is 1. The Morgan fingerprint density at radius 2 is 1.88 bits per heavy atom. The molecule has 2 aromatic carbocycles. The summed E-state index contributed by atoms with van der Waals surface area (Å²) in [5.41, 5.74) is 0.758. The van der Waals surface area contributed by atoms with Crippen LogP contribution in [0.3, 0.4) is 0 Å². The van der Waals surface area contributed by atoms with Gasteiger partial charge in [-0.2, -0.15) is 0 Å². The highest BCUT2D eigenvalue weighted by atomic mass is 35.5. The van der Waals surface area contributed by atoms with E-state index in [1.54, 1.807) is 6.07 Å². The number of carbonyl (C=O) groups is 1. The van der Waals surface area contributed by atoms with Crippen molar-refractivity contribution >= 4 is 34.8 Å². The molecule has 0 saturated heterocycles. The monoisotopic (exact) mass is 381 g/mol. The number of nitrogens with one attached hydrogen (secondary N) is 1. The van der Waals surface area contributed by atoms with Crippen LogP contribution in [-0.4, -0.2) is 36.4 Å². The zero-order valence-electron chi connectivity index (χ0n) is 13.7. The zero-order chi connectivity index (χ0) is 18.6. The third kappa shape index (κ3) is 4.69. The van der Waals surface area contributed by atoms with Crippen molar-refractivity contribution in [1.29, 1.82) is 0 Å². The van der Waals surface area contributed by atoms with Gasteiger partial charge in [-0.15, -0.1) is 0 Å². The molecule has 0 unspecified atom stereocenters. The Bertz CT molecular complexity index is 796. The topological polar surface area (TPSA) is 75.5 Å². The molecule has 2 aromatic rings. The molecule has 0 spiro atoms. The largest absolute Gasteiger partial charge is 0.350 e. The fraction of sp³-hybridized carbons (Fsp3) is 0.235. The lowest BCUT2D eigenvalue weighted by Gasteiger charge is -2.26. The van der Waals surface area contributed by atoms with Gasteiger partial charge >= 0.3 is 0 Å². The van der Waals surface area contributed by atoms with Crippen molar-refractivity contribution < 1.29 is 9.72 Å². The van der Waals surface area contributed by atoms with Crippen LogP contribution in [0.15, 0.2) is 42.5 Å². The van der Waals surface area contributed by atoms with Crippen molar-refractivity contribution in [2.24, 2.45) is 0 Å². The minimum Gasteiger partial charge on any atom is -0.350 e. The number of halogens is 2. The van der Waals surface area contributed by atoms with E-state index >= 15 is 0 Å². The third-order valence-electron chi connectivity index (χ3n) is 3.75. The Kier molecular flexibility index (Phi) is 6.36. The highest BCUT2D eigenvalue weighted by molar-refractivity contribution is 6.32. The standard InChI is InChI=1S/C17H17Cl2N3O3/c1-21(2)16(12-5-3-4-6-13(12)18)10-20-17(23)11-7-8-14(19)15(9-11)22(24)25/h3-9,16H,10H2,1-2H3,(H,20,23)/t16-/m1/s1. The van der Waals surface area contributed by atoms with Crippen LogP contribution in [0, 0.1) is 10.1 Å². The second-order valence-electron chi connectivity index (χ2n) is 5.63. The molecule has 0 bridgehead atoms. The van der Waals surface area contributed by atoms with E-state index in [2.05, 4.69) is 5.32 Å². The molecule has 0 heterocycles. The molecule has 2 rings (SSSR count). The molecule has 1 N–H and O–H groups in total. The van der Waals surface area contributed by atoms with Gasteiger partial charge in [0.2, 0.25) is 0 Å². The Morgan fingerprint density at radius 1 is 1.20 bits per heavy atom. The van der Waals surface area contributed by atoms with E-state index in [0.717, 1.165) is 11.6 Å². The van der Waals surface area contributed by atoms with E-state index in [1.807, 2.05) is 37.2 Å². The van der Waals surface area contributed by atoms with E-state index in [1.165, 1.54) is 12.1 Å². The summed E-state index contributed by atoms with van der Waals surface area (Å²) >= 11 is 12.0. The van der Waals surface area contributed by atoms with Gasteiger partial charge in [0.05, 0.1) is 11.0 Å². The fourth-order valence-corrected chi connectivity index (χ4v) is 2.85. The average molecular weight is 382 g/mol. The van der Waals surface area contributed by atoms with E-state index in [0.29, 0.717) is 11.6 Å². The van der Waals surface area contributed by atoms with Crippen LogP contribution in [-0.2, 0) is 0 Å². The van der Waals surface area contributed by atoms with E-state index in [-0.39, 0.29) is 22.3 Å². The third-order valence-corrected chi connectivity index (χ3v) is 4.41. The molecule has 25 heavy (non-hydrogen) atoms. The van der Waals surface area contributed by atoms with Gasteiger partial charge in [-0.25, -0.2) is 0 Å². The smallest absolute Gasteiger partial charge is 0.288 e. The van der Waals surface area contributed by atoms with Crippen LogP contribution in [0.4, 0.5) is 5.69 Å². The Morgan fingerprint density at radius 3 is 2.48 bits per heavy atom. The van der Waals surface area contributed by atoms with E-state index < -0.39 is 10.8 Å². The Hall–Kier alpha value is -2.15. The molecule has 0 aliphatic heterocycles. The summed E-state index contributed by atoms with van der Waals surface area (Å²) in [6.45, 7) is 0.298. The summed E-state index contributed by atoms with van der Waals surface area (Å²) in [6.07, 6.45) is 0. The lowest BCUT2D eigenvalue weighted by atomic mass is 10.1. The van der Waals surface area contributed by atoms with Gasteiger partial charge in [0.15, 0.2) is 0 Å². The molecule has 132 valence electrons. The molecule has 0 aliphatic carbocycles. The van der Waals surface area contributed by atoms with Crippen molar-refractivity contribution in [1.82, 2.24) is 10.2 Å². The van der Waals surface area contributed by atoms with Gasteiger partial charge in [0, 0.05) is 23.2 Å². The summed E-state index contributed by atoms with van der Waals surface area (Å²) in [4.78, 5) is 24.6. The number of rotatable bonds is 6. The second kappa shape index (κ2) is 8.29. The molecule has 1 amide bonds. The highest BCUT2D eigenvalue weighted by Gasteiger charge is 2.20. The maximum Gasteiger partial charge on any atom is 0.288 e. The lowest BCUT2D eigenvalue weighted by Crippen LogP contribution is -2.34. The minimum atomic E-state index is -0.620. The molecule has 8 heteroatoms. The van der Waals surface area contributed by atoms with Gasteiger partial charge in [-0.1, -0.05) is 41.4 Å². The molecular formula is C17H17Cl2N3O3. The van der Waals surface area contributed by atoms with Crippen LogP contribution >= 0.6 is 23.2 Å². The number of nitro benzene ring substituents is 1. The maximum absolute atomic E-state index is 12.3. The maximum atomic E-state index is 12.3. The van der Waals surface area contributed by atoms with E-state index in [4.69, 9.17) is 23.2 Å². The molecule has 6 nitrogen and oxygen atoms in total. The Labute approximate surface area is 155 Å². The summed E-state index contributed by atoms with van der Waals surface area (Å²) < 4.78 is 0. The lowest BCUT2D eigenvalue weighted by molar-refractivity contribution is -0.384. The van der Waals surface area contributed by atoms with Crippen molar-refractivity contribution in [3.8, 4) is 0 Å². The van der Waals surface area contributed by atoms with Crippen molar-refractivity contribution in [2.45, 2.75) is 6.04 Å². The minimum absolute atomic E-state index is 0.0104. The molecule has 0 fully saturated rings. The first kappa shape index (κ1) is 19.2. The van der Waals surface area contributed by atoms with Crippen LogP contribution in [0.25, 0.3) is 0 Å². The van der Waals surface area contributed by atoms with Crippen molar-refractivity contribution in [3.05, 3.63) is 73.8 Å². The number of nitrogens with zero attached hydrogens (tertiary/aromatic N) is 2. The highest BCUT2D eigenvalue weighted by Crippen LogP contribution is 2.27. The second-order valence-corrected chi connectivity index (χ2v) is 6.45. The van der Waals surface area contributed by atoms with Crippen LogP contribution < -0.4 is 5.32 Å². The number of hydrogen-bond acceptors (Lipinski definition) is 4. The van der Waals surface area contributed by atoms with Gasteiger partial charge < -0.3 is 10.2 Å². The van der Waals surface area contributed by atoms with Crippen LogP contribution in [0.5, 0.6) is 0 Å². The molecule has 0 radical (unpaired) electrons.